The van der Waals surface area contributed by atoms with Crippen LogP contribution in [-0.2, 0) is 0 Å². The largest absolute Gasteiger partial charge is 0.256 e. The number of hydrogen-bond acceptors (Lipinski definition) is 3. The highest BCUT2D eigenvalue weighted by molar-refractivity contribution is 6.41. The molecule has 14 rings (SSSR count). The van der Waals surface area contributed by atoms with Crippen molar-refractivity contribution in [2.24, 2.45) is 0 Å². The summed E-state index contributed by atoms with van der Waals surface area (Å²) in [7, 11) is 0. The monoisotopic (exact) mass is 861 g/mol. The van der Waals surface area contributed by atoms with Gasteiger partial charge in [-0.1, -0.05) is 170 Å². The molecule has 314 valence electrons. The van der Waals surface area contributed by atoms with Crippen LogP contribution in [0.15, 0.2) is 243 Å². The maximum Gasteiger partial charge on any atom is 0.0780 e. The van der Waals surface area contributed by atoms with E-state index < -0.39 is 0 Å². The van der Waals surface area contributed by atoms with Crippen LogP contribution in [0.5, 0.6) is 0 Å². The lowest BCUT2D eigenvalue weighted by Gasteiger charge is -2.20. The Morgan fingerprint density at radius 1 is 0.221 bits per heavy atom. The Labute approximate surface area is 393 Å². The van der Waals surface area contributed by atoms with Gasteiger partial charge in [-0.2, -0.15) is 0 Å². The first-order valence-corrected chi connectivity index (χ1v) is 23.2. The highest BCUT2D eigenvalue weighted by Crippen LogP contribution is 2.63. The van der Waals surface area contributed by atoms with E-state index in [-0.39, 0.29) is 0 Å². The van der Waals surface area contributed by atoms with Crippen molar-refractivity contribution in [2.75, 3.05) is 0 Å². The summed E-state index contributed by atoms with van der Waals surface area (Å²) in [6.07, 6.45) is 5.76. The third kappa shape index (κ3) is 5.89. The normalized spacial score (nSPS) is 13.4. The van der Waals surface area contributed by atoms with Crippen LogP contribution in [-0.4, -0.2) is 15.0 Å². The molecule has 0 aliphatic heterocycles. The first-order valence-electron chi connectivity index (χ1n) is 23.2. The summed E-state index contributed by atoms with van der Waals surface area (Å²) in [6.45, 7) is 0. The quantitative estimate of drug-likeness (QED) is 0.167. The van der Waals surface area contributed by atoms with Gasteiger partial charge in [0.05, 0.1) is 16.7 Å². The molecule has 9 aromatic carbocycles. The van der Waals surface area contributed by atoms with Gasteiger partial charge in [-0.25, -0.2) is 0 Å². The van der Waals surface area contributed by atoms with Gasteiger partial charge in [-0.05, 0) is 125 Å². The minimum absolute atomic E-state index is 0.905. The Kier molecular flexibility index (Phi) is 8.59. The summed E-state index contributed by atoms with van der Waals surface area (Å²) in [5.74, 6) is 0. The molecule has 3 heterocycles. The number of hydrogen-bond donors (Lipinski definition) is 0. The molecule has 0 saturated carbocycles. The van der Waals surface area contributed by atoms with Gasteiger partial charge in [0, 0.05) is 68.4 Å². The highest BCUT2D eigenvalue weighted by Gasteiger charge is 2.42. The Hall–Kier alpha value is -9.05. The van der Waals surface area contributed by atoms with Gasteiger partial charge in [0.15, 0.2) is 0 Å². The topological polar surface area (TPSA) is 38.7 Å². The average Bonchev–Trinajstić information content (AvgIpc) is 3.92. The Morgan fingerprint density at radius 3 is 1.28 bits per heavy atom. The molecule has 68 heavy (non-hydrogen) atoms. The highest BCUT2D eigenvalue weighted by atomic mass is 14.7. The van der Waals surface area contributed by atoms with Crippen molar-refractivity contribution in [3.05, 3.63) is 276 Å². The van der Waals surface area contributed by atoms with Gasteiger partial charge in [0.1, 0.15) is 0 Å². The van der Waals surface area contributed by atoms with Crippen molar-refractivity contribution in [1.29, 1.82) is 0 Å². The maximum atomic E-state index is 5.25. The van der Waals surface area contributed by atoms with E-state index in [9.17, 15) is 0 Å². The van der Waals surface area contributed by atoms with Gasteiger partial charge < -0.3 is 0 Å². The van der Waals surface area contributed by atoms with Crippen molar-refractivity contribution in [1.82, 2.24) is 15.0 Å². The van der Waals surface area contributed by atoms with Gasteiger partial charge in [0.2, 0.25) is 0 Å². The van der Waals surface area contributed by atoms with Crippen LogP contribution in [0.1, 0.15) is 33.5 Å². The summed E-state index contributed by atoms with van der Waals surface area (Å²) >= 11 is 0. The van der Waals surface area contributed by atoms with Crippen LogP contribution in [0, 0.1) is 0 Å². The first kappa shape index (κ1) is 38.2. The van der Waals surface area contributed by atoms with Crippen LogP contribution in [0.25, 0.3) is 104 Å². The fraction of sp³-hybridized carbons (Fsp3) is 0. The Morgan fingerprint density at radius 2 is 0.676 bits per heavy atom. The summed E-state index contributed by atoms with van der Waals surface area (Å²) in [5, 5.41) is 9.41. The molecule has 3 aromatic heterocycles. The van der Waals surface area contributed by atoms with E-state index in [4.69, 9.17) is 15.0 Å². The molecule has 3 nitrogen and oxygen atoms in total. The molecule has 0 unspecified atom stereocenters. The maximum absolute atomic E-state index is 5.25. The molecule has 0 N–H and O–H groups in total. The zero-order valence-corrected chi connectivity index (χ0v) is 36.9. The minimum atomic E-state index is 0.905. The third-order valence-corrected chi connectivity index (χ3v) is 14.1. The van der Waals surface area contributed by atoms with E-state index in [1.54, 1.807) is 0 Å². The fourth-order valence-corrected chi connectivity index (χ4v) is 11.1. The van der Waals surface area contributed by atoms with Crippen LogP contribution >= 0.6 is 0 Å². The molecule has 12 aromatic rings. The predicted molar refractivity (Wildman–Crippen MR) is 284 cm³/mol. The van der Waals surface area contributed by atoms with E-state index in [0.29, 0.717) is 0 Å². The standard InChI is InChI=1S/C65H39N3/c1-3-17-45-36-47(31-29-40(45)14-1)53-38-55-56(39-54(53)48-32-30-41-15-2-4-18-46(41)37-48)61-62(57-28-7-8-33-66-57)59(51-26-10-20-43-22-12-34-67-64(43)51)60(52-27-11-21-44-23-13-35-68-65(44)52)63(61)58(55)50-25-9-19-42-16-5-6-24-49(42)50/h1-39H. The summed E-state index contributed by atoms with van der Waals surface area (Å²) in [5.41, 5.74) is 20.0. The van der Waals surface area contributed by atoms with Gasteiger partial charge in [0.25, 0.3) is 0 Å². The molecule has 0 saturated heterocycles. The molecular formula is C65H39N3. The molecule has 3 heteroatoms. The van der Waals surface area contributed by atoms with Crippen molar-refractivity contribution in [3.63, 3.8) is 0 Å². The number of rotatable bonds is 6. The second kappa shape index (κ2) is 15.3. The van der Waals surface area contributed by atoms with Crippen molar-refractivity contribution >= 4 is 82.0 Å². The van der Waals surface area contributed by atoms with Crippen molar-refractivity contribution in [2.45, 2.75) is 0 Å². The second-order valence-electron chi connectivity index (χ2n) is 17.8. The lowest BCUT2D eigenvalue weighted by molar-refractivity contribution is 1.28. The summed E-state index contributed by atoms with van der Waals surface area (Å²) < 4.78 is 0. The third-order valence-electron chi connectivity index (χ3n) is 14.1. The molecule has 0 bridgehead atoms. The van der Waals surface area contributed by atoms with Crippen LogP contribution in [0.3, 0.4) is 0 Å². The predicted octanol–water partition coefficient (Wildman–Crippen LogP) is 16.3. The second-order valence-corrected chi connectivity index (χ2v) is 17.8. The molecule has 2 aliphatic carbocycles. The molecule has 0 fully saturated rings. The number of benzene rings is 9. The lowest BCUT2D eigenvalue weighted by atomic mass is 9.83. The zero-order chi connectivity index (χ0) is 44.7. The van der Waals surface area contributed by atoms with E-state index in [1.807, 2.05) is 36.8 Å². The van der Waals surface area contributed by atoms with Gasteiger partial charge >= 0.3 is 0 Å². The molecular weight excluding hydrogens is 823 g/mol. The Bertz CT molecular complexity index is 4180. The average molecular weight is 862 g/mol. The lowest BCUT2D eigenvalue weighted by Crippen LogP contribution is -2.00. The van der Waals surface area contributed by atoms with Gasteiger partial charge in [-0.3, -0.25) is 15.0 Å². The van der Waals surface area contributed by atoms with E-state index in [2.05, 4.69) is 200 Å². The molecule has 0 spiro atoms. The van der Waals surface area contributed by atoms with Gasteiger partial charge in [-0.15, -0.1) is 0 Å². The molecule has 0 amide bonds. The fourth-order valence-electron chi connectivity index (χ4n) is 11.1. The molecule has 2 aliphatic rings. The van der Waals surface area contributed by atoms with Crippen molar-refractivity contribution < 1.29 is 0 Å². The number of para-hydroxylation sites is 2. The van der Waals surface area contributed by atoms with Crippen LogP contribution < -0.4 is 0 Å². The number of pyridine rings is 3. The summed E-state index contributed by atoms with van der Waals surface area (Å²) in [6, 6.07) is 79.6. The smallest absolute Gasteiger partial charge is 0.0780 e. The SMILES string of the molecule is c1ccc(C2=C3C(=C(c4cccc5ccccc45)c4cc(-c5ccc6ccccc6c5)c(-c5ccc6ccccc6c5)cc43)C(c3cccc4cccnc34)=C2c2cccc3cccnc23)nc1. The number of fused-ring (bicyclic) bond motifs is 8. The number of aromatic nitrogens is 3. The minimum Gasteiger partial charge on any atom is -0.256 e. The zero-order valence-electron chi connectivity index (χ0n) is 36.9. The van der Waals surface area contributed by atoms with E-state index >= 15 is 0 Å². The summed E-state index contributed by atoms with van der Waals surface area (Å²) in [4.78, 5) is 15.6. The first-order chi connectivity index (χ1) is 33.7. The van der Waals surface area contributed by atoms with Crippen molar-refractivity contribution in [3.8, 4) is 22.3 Å². The number of allylic oxidation sites excluding steroid dienone is 5. The molecule has 0 radical (unpaired) electrons. The van der Waals surface area contributed by atoms with Crippen LogP contribution in [0.4, 0.5) is 0 Å². The number of nitrogens with zero attached hydrogens (tertiary/aromatic N) is 3. The molecule has 0 atom stereocenters. The van der Waals surface area contributed by atoms with E-state index in [0.717, 1.165) is 60.9 Å². The Balaban J connectivity index is 1.20. The van der Waals surface area contributed by atoms with Crippen LogP contribution in [0.2, 0.25) is 0 Å². The van der Waals surface area contributed by atoms with E-state index in [1.165, 1.54) is 82.4 Å².